The van der Waals surface area contributed by atoms with E-state index in [0.29, 0.717) is 36.0 Å². The maximum Gasteiger partial charge on any atom is 0.501 e. The van der Waals surface area contributed by atoms with Gasteiger partial charge in [0.1, 0.15) is 18.2 Å². The van der Waals surface area contributed by atoms with E-state index in [1.807, 2.05) is 4.90 Å². The molecule has 0 radical (unpaired) electrons. The molecule has 2 aliphatic heterocycles. The molecule has 11 heteroatoms. The van der Waals surface area contributed by atoms with Crippen LogP contribution in [0.2, 0.25) is 0 Å². The van der Waals surface area contributed by atoms with Gasteiger partial charge in [-0.15, -0.1) is 0 Å². The number of sulfone groups is 1. The van der Waals surface area contributed by atoms with Crippen molar-refractivity contribution in [1.29, 1.82) is 0 Å². The zero-order chi connectivity index (χ0) is 26.1. The van der Waals surface area contributed by atoms with Crippen molar-refractivity contribution in [3.63, 3.8) is 0 Å². The molecule has 0 bridgehead atoms. The van der Waals surface area contributed by atoms with E-state index in [9.17, 15) is 30.8 Å². The molecule has 2 fully saturated rings. The third kappa shape index (κ3) is 5.51. The number of rotatable bonds is 7. The maximum atomic E-state index is 14.3. The Bertz CT molecular complexity index is 1200. The predicted octanol–water partition coefficient (Wildman–Crippen LogP) is 4.79. The summed E-state index contributed by atoms with van der Waals surface area (Å²) in [7, 11) is -5.64. The van der Waals surface area contributed by atoms with Gasteiger partial charge in [-0.1, -0.05) is 6.07 Å². The highest BCUT2D eigenvalue weighted by Crippen LogP contribution is 2.31. The number of nitrogens with zero attached hydrogens (tertiary/aromatic N) is 2. The zero-order valence-corrected chi connectivity index (χ0v) is 20.6. The number of benzene rings is 2. The van der Waals surface area contributed by atoms with E-state index in [2.05, 4.69) is 11.8 Å². The van der Waals surface area contributed by atoms with E-state index in [0.717, 1.165) is 32.0 Å². The first-order valence-electron chi connectivity index (χ1n) is 11.8. The Labute approximate surface area is 207 Å². The summed E-state index contributed by atoms with van der Waals surface area (Å²) < 4.78 is 80.7. The number of likely N-dealkylation sites (tertiary alicyclic amines) is 2. The van der Waals surface area contributed by atoms with Crippen molar-refractivity contribution in [2.24, 2.45) is 0 Å². The Kier molecular flexibility index (Phi) is 7.61. The van der Waals surface area contributed by atoms with Gasteiger partial charge in [-0.2, -0.15) is 13.2 Å². The van der Waals surface area contributed by atoms with Crippen molar-refractivity contribution in [2.45, 2.75) is 61.7 Å². The number of carbonyl (C=O) groups excluding carboxylic acids is 1. The molecule has 4 rings (SSSR count). The first-order valence-corrected chi connectivity index (χ1v) is 13.3. The fraction of sp³-hybridized carbons (Fsp3) is 0.480. The highest BCUT2D eigenvalue weighted by molar-refractivity contribution is 7.92. The molecule has 0 aromatic heterocycles. The van der Waals surface area contributed by atoms with E-state index < -0.39 is 26.1 Å². The summed E-state index contributed by atoms with van der Waals surface area (Å²) in [5.74, 6) is -0.843. The van der Waals surface area contributed by atoms with Crippen LogP contribution in [0.25, 0.3) is 0 Å². The first-order chi connectivity index (χ1) is 17.0. The minimum atomic E-state index is -5.64. The summed E-state index contributed by atoms with van der Waals surface area (Å²) in [6.07, 6.45) is 4.31. The van der Waals surface area contributed by atoms with Gasteiger partial charge in [0.15, 0.2) is 0 Å². The monoisotopic (exact) mass is 528 g/mol. The highest BCUT2D eigenvalue weighted by atomic mass is 32.2. The van der Waals surface area contributed by atoms with Gasteiger partial charge in [0.2, 0.25) is 0 Å². The molecule has 2 aliphatic rings. The Balaban J connectivity index is 1.37. The van der Waals surface area contributed by atoms with Crippen molar-refractivity contribution in [2.75, 3.05) is 19.6 Å². The minimum Gasteiger partial charge on any atom is -0.489 e. The van der Waals surface area contributed by atoms with E-state index in [1.54, 1.807) is 24.3 Å². The molecule has 2 atom stereocenters. The summed E-state index contributed by atoms with van der Waals surface area (Å²) in [5.41, 5.74) is -5.11. The largest absolute Gasteiger partial charge is 0.501 e. The van der Waals surface area contributed by atoms with Crippen LogP contribution in [0, 0.1) is 5.82 Å². The molecule has 6 nitrogen and oxygen atoms in total. The van der Waals surface area contributed by atoms with Crippen LogP contribution in [0.1, 0.15) is 48.5 Å². The first kappa shape index (κ1) is 26.4. The van der Waals surface area contributed by atoms with Crippen molar-refractivity contribution in [1.82, 2.24) is 9.80 Å². The molecule has 196 valence electrons. The summed E-state index contributed by atoms with van der Waals surface area (Å²) in [6, 6.07) is 9.08. The highest BCUT2D eigenvalue weighted by Gasteiger charge is 2.47. The summed E-state index contributed by atoms with van der Waals surface area (Å²) in [6.45, 7) is 4.55. The van der Waals surface area contributed by atoms with Crippen LogP contribution in [-0.2, 0) is 16.4 Å². The third-order valence-electron chi connectivity index (χ3n) is 6.91. The molecule has 2 aromatic rings. The van der Waals surface area contributed by atoms with Gasteiger partial charge in [0, 0.05) is 36.3 Å². The fourth-order valence-corrected chi connectivity index (χ4v) is 5.57. The molecular weight excluding hydrogens is 500 g/mol. The normalized spacial score (nSPS) is 21.2. The second-order valence-electron chi connectivity index (χ2n) is 9.30. The van der Waals surface area contributed by atoms with Crippen LogP contribution in [0.3, 0.4) is 0 Å². The number of carbonyl (C=O) groups is 1. The van der Waals surface area contributed by atoms with Gasteiger partial charge in [-0.3, -0.25) is 9.69 Å². The van der Waals surface area contributed by atoms with E-state index in [4.69, 9.17) is 4.74 Å². The Morgan fingerprint density at radius 3 is 2.36 bits per heavy atom. The predicted molar refractivity (Wildman–Crippen MR) is 125 cm³/mol. The van der Waals surface area contributed by atoms with Crippen molar-refractivity contribution < 1.29 is 35.5 Å². The maximum absolute atomic E-state index is 14.3. The molecule has 0 saturated carbocycles. The van der Waals surface area contributed by atoms with Crippen LogP contribution < -0.4 is 4.74 Å². The lowest BCUT2D eigenvalue weighted by molar-refractivity contribution is -0.0436. The molecule has 0 N–H and O–H groups in total. The number of alkyl halides is 3. The number of ether oxygens (including phenoxy) is 1. The lowest BCUT2D eigenvalue weighted by Crippen LogP contribution is -2.44. The van der Waals surface area contributed by atoms with Crippen LogP contribution >= 0.6 is 0 Å². The van der Waals surface area contributed by atoms with Gasteiger partial charge in [-0.25, -0.2) is 12.8 Å². The standard InChI is InChI=1S/C25H28F4N2O4S/c1-17-4-2-12-30(17)15-20-5-3-13-31(20)24(32)18-6-9-21(10-7-18)35-16-19-8-11-22(14-23(19)26)36(33,34)25(27,28)29/h6-11,14,17,20H,2-5,12-13,15-16H2,1H3/t17-,20?/m0/s1. The van der Waals surface area contributed by atoms with Crippen LogP contribution in [0.5, 0.6) is 5.75 Å². The average Bonchev–Trinajstić information content (AvgIpc) is 3.46. The topological polar surface area (TPSA) is 66.9 Å². The molecule has 2 heterocycles. The molecule has 1 unspecified atom stereocenters. The molecule has 0 spiro atoms. The van der Waals surface area contributed by atoms with Crippen molar-refractivity contribution in [3.05, 3.63) is 59.4 Å². The molecule has 36 heavy (non-hydrogen) atoms. The molecule has 2 aromatic carbocycles. The number of halogens is 4. The fourth-order valence-electron chi connectivity index (χ4n) is 4.79. The van der Waals surface area contributed by atoms with E-state index in [-0.39, 0.29) is 24.1 Å². The van der Waals surface area contributed by atoms with Crippen LogP contribution in [0.15, 0.2) is 47.4 Å². The smallest absolute Gasteiger partial charge is 0.489 e. The quantitative estimate of drug-likeness (QED) is 0.484. The second kappa shape index (κ2) is 10.4. The minimum absolute atomic E-state index is 0.0524. The number of hydrogen-bond acceptors (Lipinski definition) is 5. The SMILES string of the molecule is C[C@H]1CCCN1CC1CCCN1C(=O)c1ccc(OCc2ccc(S(=O)(=O)C(F)(F)F)cc2F)cc1. The Morgan fingerprint density at radius 1 is 1.06 bits per heavy atom. The lowest BCUT2D eigenvalue weighted by atomic mass is 10.1. The lowest BCUT2D eigenvalue weighted by Gasteiger charge is -2.30. The molecule has 2 saturated heterocycles. The van der Waals surface area contributed by atoms with Gasteiger partial charge < -0.3 is 9.64 Å². The van der Waals surface area contributed by atoms with Gasteiger partial charge in [-0.05, 0) is 75.5 Å². The van der Waals surface area contributed by atoms with Gasteiger partial charge >= 0.3 is 5.51 Å². The molecular formula is C25H28F4N2O4S. The number of hydrogen-bond donors (Lipinski definition) is 0. The van der Waals surface area contributed by atoms with Gasteiger partial charge in [0.05, 0.1) is 4.90 Å². The summed E-state index contributed by atoms with van der Waals surface area (Å²) in [5, 5.41) is 0. The Morgan fingerprint density at radius 2 is 1.75 bits per heavy atom. The Hall–Kier alpha value is -2.66. The van der Waals surface area contributed by atoms with E-state index >= 15 is 0 Å². The van der Waals surface area contributed by atoms with Crippen molar-refractivity contribution in [3.8, 4) is 5.75 Å². The summed E-state index contributed by atoms with van der Waals surface area (Å²) >= 11 is 0. The molecule has 1 amide bonds. The van der Waals surface area contributed by atoms with Crippen molar-refractivity contribution >= 4 is 15.7 Å². The van der Waals surface area contributed by atoms with Gasteiger partial charge in [0.25, 0.3) is 15.7 Å². The average molecular weight is 529 g/mol. The second-order valence-corrected chi connectivity index (χ2v) is 11.2. The number of amides is 1. The third-order valence-corrected chi connectivity index (χ3v) is 8.39. The molecule has 0 aliphatic carbocycles. The van der Waals surface area contributed by atoms with Crippen LogP contribution in [0.4, 0.5) is 17.6 Å². The van der Waals surface area contributed by atoms with Crippen LogP contribution in [-0.4, -0.2) is 61.4 Å². The van der Waals surface area contributed by atoms with E-state index in [1.165, 1.54) is 12.8 Å². The zero-order valence-electron chi connectivity index (χ0n) is 19.8. The summed E-state index contributed by atoms with van der Waals surface area (Å²) in [4.78, 5) is 16.3.